The molecule has 2 aromatic heterocycles. The molecule has 33 heavy (non-hydrogen) atoms. The van der Waals surface area contributed by atoms with Crippen molar-refractivity contribution in [2.75, 3.05) is 24.5 Å². The van der Waals surface area contributed by atoms with E-state index in [-0.39, 0.29) is 23.0 Å². The molecule has 2 fully saturated rings. The average Bonchev–Trinajstić information content (AvgIpc) is 3.61. The monoisotopic (exact) mass is 450 g/mol. The topological polar surface area (TPSA) is 94.2 Å². The third kappa shape index (κ3) is 4.45. The Hall–Kier alpha value is -3.33. The number of rotatable bonds is 5. The summed E-state index contributed by atoms with van der Waals surface area (Å²) in [5.74, 6) is -0.539. The van der Waals surface area contributed by atoms with Gasteiger partial charge in [0.2, 0.25) is 0 Å². The summed E-state index contributed by atoms with van der Waals surface area (Å²) >= 11 is 0. The van der Waals surface area contributed by atoms with Crippen LogP contribution in [-0.2, 0) is 6.54 Å². The number of halogens is 1. The van der Waals surface area contributed by atoms with Crippen LogP contribution in [0.15, 0.2) is 35.3 Å². The minimum Gasteiger partial charge on any atom is -0.365 e. The van der Waals surface area contributed by atoms with Crippen LogP contribution in [-0.4, -0.2) is 57.5 Å². The molecule has 0 radical (unpaired) electrons. The number of carbonyl (C=O) groups is 1. The van der Waals surface area contributed by atoms with E-state index in [4.69, 9.17) is 0 Å². The fraction of sp³-hybridized carbons (Fsp3) is 0.417. The van der Waals surface area contributed by atoms with Gasteiger partial charge in [-0.05, 0) is 44.9 Å². The Morgan fingerprint density at radius 1 is 1.24 bits per heavy atom. The second kappa shape index (κ2) is 8.55. The van der Waals surface area contributed by atoms with Crippen molar-refractivity contribution in [1.29, 1.82) is 0 Å². The normalized spacial score (nSPS) is 19.1. The Morgan fingerprint density at radius 2 is 2.06 bits per heavy atom. The summed E-state index contributed by atoms with van der Waals surface area (Å²) in [7, 11) is 0. The molecule has 0 bridgehead atoms. The minimum atomic E-state index is -0.420. The molecule has 1 aromatic carbocycles. The highest BCUT2D eigenvalue weighted by Gasteiger charge is 2.27. The number of pyridine rings is 1. The Balaban J connectivity index is 1.25. The van der Waals surface area contributed by atoms with Gasteiger partial charge in [0.1, 0.15) is 16.9 Å². The van der Waals surface area contributed by atoms with E-state index in [1.165, 1.54) is 0 Å². The maximum absolute atomic E-state index is 15.1. The minimum absolute atomic E-state index is 0.119. The first-order valence-corrected chi connectivity index (χ1v) is 11.3. The zero-order chi connectivity index (χ0) is 23.1. The van der Waals surface area contributed by atoms with Gasteiger partial charge in [-0.25, -0.2) is 14.4 Å². The summed E-state index contributed by atoms with van der Waals surface area (Å²) in [6.45, 7) is 6.47. The fourth-order valence-electron chi connectivity index (χ4n) is 4.36. The van der Waals surface area contributed by atoms with Crippen LogP contribution in [0.4, 0.5) is 10.1 Å². The summed E-state index contributed by atoms with van der Waals surface area (Å²) in [6, 6.07) is 7.71. The number of fused-ring (bicyclic) bond motifs is 1. The van der Waals surface area contributed by atoms with Crippen LogP contribution in [0, 0.1) is 12.7 Å². The summed E-state index contributed by atoms with van der Waals surface area (Å²) in [4.78, 5) is 39.7. The van der Waals surface area contributed by atoms with Crippen LogP contribution in [0.3, 0.4) is 0 Å². The molecule has 3 aromatic rings. The third-order valence-corrected chi connectivity index (χ3v) is 6.39. The van der Waals surface area contributed by atoms with E-state index >= 15 is 4.39 Å². The molecule has 0 spiro atoms. The van der Waals surface area contributed by atoms with E-state index in [0.29, 0.717) is 35.1 Å². The number of amides is 1. The number of hydrogen-bond donors (Lipinski definition) is 2. The van der Waals surface area contributed by atoms with Crippen molar-refractivity contribution in [3.05, 3.63) is 63.6 Å². The van der Waals surface area contributed by atoms with E-state index in [1.807, 2.05) is 6.07 Å². The largest absolute Gasteiger partial charge is 0.365 e. The molecule has 0 unspecified atom stereocenters. The van der Waals surface area contributed by atoms with Crippen LogP contribution in [0.5, 0.6) is 0 Å². The number of piperazine rings is 1. The van der Waals surface area contributed by atoms with E-state index < -0.39 is 5.82 Å². The first-order valence-electron chi connectivity index (χ1n) is 11.3. The zero-order valence-electron chi connectivity index (χ0n) is 18.8. The van der Waals surface area contributed by atoms with Gasteiger partial charge in [-0.15, -0.1) is 0 Å². The number of nitrogens with zero attached hydrogens (tertiary/aromatic N) is 4. The van der Waals surface area contributed by atoms with Crippen LogP contribution in [0.2, 0.25) is 0 Å². The molecular formula is C24H27FN6O2. The van der Waals surface area contributed by atoms with Crippen molar-refractivity contribution in [1.82, 2.24) is 25.2 Å². The van der Waals surface area contributed by atoms with Crippen molar-refractivity contribution in [2.24, 2.45) is 0 Å². The van der Waals surface area contributed by atoms with Gasteiger partial charge in [0, 0.05) is 43.8 Å². The number of H-pyrrole nitrogens is 1. The zero-order valence-corrected chi connectivity index (χ0v) is 18.8. The molecule has 1 saturated carbocycles. The highest BCUT2D eigenvalue weighted by molar-refractivity contribution is 5.92. The van der Waals surface area contributed by atoms with Gasteiger partial charge in [-0.2, -0.15) is 0 Å². The lowest BCUT2D eigenvalue weighted by Crippen LogP contribution is -2.51. The number of nitrogens with one attached hydrogen (secondary N) is 2. The van der Waals surface area contributed by atoms with Crippen molar-refractivity contribution in [3.8, 4) is 0 Å². The molecule has 2 N–H and O–H groups in total. The number of benzene rings is 1. The molecule has 1 saturated heterocycles. The van der Waals surface area contributed by atoms with Gasteiger partial charge < -0.3 is 15.2 Å². The van der Waals surface area contributed by atoms with E-state index in [2.05, 4.69) is 37.0 Å². The third-order valence-electron chi connectivity index (χ3n) is 6.39. The predicted octanol–water partition coefficient (Wildman–Crippen LogP) is 2.37. The van der Waals surface area contributed by atoms with Crippen LogP contribution in [0.25, 0.3) is 11.0 Å². The lowest BCUT2D eigenvalue weighted by molar-refractivity contribution is 0.0946. The second-order valence-corrected chi connectivity index (χ2v) is 9.01. The molecule has 2 aliphatic rings. The van der Waals surface area contributed by atoms with Crippen LogP contribution in [0.1, 0.15) is 41.5 Å². The van der Waals surface area contributed by atoms with Gasteiger partial charge in [0.05, 0.1) is 17.4 Å². The number of aromatic amines is 1. The van der Waals surface area contributed by atoms with Crippen molar-refractivity contribution < 1.29 is 9.18 Å². The second-order valence-electron chi connectivity index (χ2n) is 9.01. The molecule has 1 aliphatic heterocycles. The lowest BCUT2D eigenvalue weighted by atomic mass is 10.1. The van der Waals surface area contributed by atoms with Crippen LogP contribution < -0.4 is 15.8 Å². The molecule has 1 aliphatic carbocycles. The number of aromatic nitrogens is 3. The molecule has 3 heterocycles. The van der Waals surface area contributed by atoms with Crippen molar-refractivity contribution in [3.63, 3.8) is 0 Å². The Morgan fingerprint density at radius 3 is 2.76 bits per heavy atom. The van der Waals surface area contributed by atoms with Gasteiger partial charge >= 0.3 is 0 Å². The standard InChI is InChI=1S/C24H27FN6O2/c1-14-12-30(13-16-3-7-19-22(21(16)25)29-23(32)15(2)27-19)9-10-31(14)18-6-8-20(26-11-18)24(33)28-17-4-5-17/h3,6-8,11,14,17H,4-5,9-10,12-13H2,1-2H3,(H,28,33)(H,29,32)/t14-/m1/s1. The van der Waals surface area contributed by atoms with Crippen LogP contribution >= 0.6 is 0 Å². The van der Waals surface area contributed by atoms with Gasteiger partial charge in [-0.3, -0.25) is 14.5 Å². The number of anilines is 1. The summed E-state index contributed by atoms with van der Waals surface area (Å²) < 4.78 is 15.1. The molecule has 172 valence electrons. The lowest BCUT2D eigenvalue weighted by Gasteiger charge is -2.41. The quantitative estimate of drug-likeness (QED) is 0.620. The first kappa shape index (κ1) is 21.5. The fourth-order valence-corrected chi connectivity index (χ4v) is 4.36. The Bertz CT molecular complexity index is 1250. The summed E-state index contributed by atoms with van der Waals surface area (Å²) in [5, 5.41) is 2.95. The molecule has 1 amide bonds. The Labute approximate surface area is 190 Å². The first-order chi connectivity index (χ1) is 15.9. The number of carbonyl (C=O) groups excluding carboxylic acids is 1. The summed E-state index contributed by atoms with van der Waals surface area (Å²) in [5.41, 5.74) is 2.51. The highest BCUT2D eigenvalue weighted by Crippen LogP contribution is 2.24. The highest BCUT2D eigenvalue weighted by atomic mass is 19.1. The van der Waals surface area contributed by atoms with Gasteiger partial charge in [-0.1, -0.05) is 6.07 Å². The van der Waals surface area contributed by atoms with Gasteiger partial charge in [0.15, 0.2) is 5.82 Å². The SMILES string of the molecule is Cc1nc2ccc(CN3CCN(c4ccc(C(=O)NC5CC5)nc4)[C@H](C)C3)c(F)c2[nH]c1=O. The number of hydrogen-bond acceptors (Lipinski definition) is 6. The van der Waals surface area contributed by atoms with E-state index in [9.17, 15) is 9.59 Å². The maximum atomic E-state index is 15.1. The average molecular weight is 451 g/mol. The van der Waals surface area contributed by atoms with E-state index in [0.717, 1.165) is 38.2 Å². The molecule has 5 rings (SSSR count). The van der Waals surface area contributed by atoms with Crippen molar-refractivity contribution >= 4 is 22.6 Å². The van der Waals surface area contributed by atoms with E-state index in [1.54, 1.807) is 31.3 Å². The molecular weight excluding hydrogens is 423 g/mol. The predicted molar refractivity (Wildman–Crippen MR) is 124 cm³/mol. The van der Waals surface area contributed by atoms with Crippen molar-refractivity contribution in [2.45, 2.75) is 45.3 Å². The smallest absolute Gasteiger partial charge is 0.270 e. The number of aryl methyl sites for hydroxylation is 1. The van der Waals surface area contributed by atoms with Gasteiger partial charge in [0.25, 0.3) is 11.5 Å². The molecule has 1 atom stereocenters. The Kier molecular flexibility index (Phi) is 5.57. The maximum Gasteiger partial charge on any atom is 0.270 e. The summed E-state index contributed by atoms with van der Waals surface area (Å²) in [6.07, 6.45) is 3.84. The molecule has 8 nitrogen and oxygen atoms in total. The molecule has 9 heteroatoms.